The smallest absolute Gasteiger partial charge is 0.308 e. The second-order valence-electron chi connectivity index (χ2n) is 6.11. The van der Waals surface area contributed by atoms with Gasteiger partial charge >= 0.3 is 5.97 Å². The first-order chi connectivity index (χ1) is 12.0. The molecule has 5 heteroatoms. The first kappa shape index (κ1) is 17.2. The molecule has 0 aliphatic rings. The molecule has 4 nitrogen and oxygen atoms in total. The van der Waals surface area contributed by atoms with Crippen LogP contribution in [0.15, 0.2) is 53.9 Å². The summed E-state index contributed by atoms with van der Waals surface area (Å²) in [6.45, 7) is 2.09. The summed E-state index contributed by atoms with van der Waals surface area (Å²) in [6, 6.07) is 15.3. The van der Waals surface area contributed by atoms with Crippen molar-refractivity contribution in [1.82, 2.24) is 5.32 Å². The van der Waals surface area contributed by atoms with Crippen LogP contribution in [0.3, 0.4) is 0 Å². The molecule has 0 bridgehead atoms. The van der Waals surface area contributed by atoms with Crippen molar-refractivity contribution in [2.24, 2.45) is 5.92 Å². The summed E-state index contributed by atoms with van der Waals surface area (Å²) in [7, 11) is 0. The lowest BCUT2D eigenvalue weighted by molar-refractivity contribution is -0.141. The van der Waals surface area contributed by atoms with Crippen LogP contribution in [0.5, 0.6) is 0 Å². The van der Waals surface area contributed by atoms with Crippen molar-refractivity contribution in [1.29, 1.82) is 0 Å². The maximum atomic E-state index is 12.3. The van der Waals surface area contributed by atoms with Gasteiger partial charge in [0.05, 0.1) is 5.92 Å². The molecule has 3 aromatic rings. The predicted octanol–water partition coefficient (Wildman–Crippen LogP) is 3.88. The highest BCUT2D eigenvalue weighted by atomic mass is 32.1. The van der Waals surface area contributed by atoms with E-state index in [1.807, 2.05) is 54.8 Å². The highest BCUT2D eigenvalue weighted by Crippen LogP contribution is 2.21. The van der Waals surface area contributed by atoms with Crippen molar-refractivity contribution in [2.45, 2.75) is 13.3 Å². The minimum Gasteiger partial charge on any atom is -0.481 e. The zero-order valence-corrected chi connectivity index (χ0v) is 14.7. The highest BCUT2D eigenvalue weighted by molar-refractivity contribution is 7.17. The van der Waals surface area contributed by atoms with E-state index in [0.29, 0.717) is 12.0 Å². The Hall–Kier alpha value is -2.66. The van der Waals surface area contributed by atoms with Crippen LogP contribution in [0.1, 0.15) is 21.5 Å². The van der Waals surface area contributed by atoms with E-state index in [4.69, 9.17) is 0 Å². The summed E-state index contributed by atoms with van der Waals surface area (Å²) in [5.74, 6) is -1.81. The van der Waals surface area contributed by atoms with Crippen molar-refractivity contribution >= 4 is 33.3 Å². The molecule has 2 aromatic carbocycles. The van der Waals surface area contributed by atoms with Crippen molar-refractivity contribution in [2.75, 3.05) is 6.54 Å². The Bertz CT molecular complexity index is 899. The van der Waals surface area contributed by atoms with E-state index in [9.17, 15) is 14.7 Å². The lowest BCUT2D eigenvalue weighted by atomic mass is 9.98. The van der Waals surface area contributed by atoms with Crippen LogP contribution < -0.4 is 5.32 Å². The minimum absolute atomic E-state index is 0.101. The fraction of sp³-hybridized carbons (Fsp3) is 0.200. The van der Waals surface area contributed by atoms with Gasteiger partial charge in [-0.25, -0.2) is 0 Å². The number of carboxylic acids is 1. The van der Waals surface area contributed by atoms with Gasteiger partial charge in [-0.1, -0.05) is 29.8 Å². The van der Waals surface area contributed by atoms with E-state index >= 15 is 0 Å². The van der Waals surface area contributed by atoms with E-state index in [1.165, 1.54) is 0 Å². The summed E-state index contributed by atoms with van der Waals surface area (Å²) in [5, 5.41) is 15.2. The fourth-order valence-electron chi connectivity index (χ4n) is 2.68. The van der Waals surface area contributed by atoms with Crippen LogP contribution in [0.25, 0.3) is 10.1 Å². The number of aryl methyl sites for hydroxylation is 1. The summed E-state index contributed by atoms with van der Waals surface area (Å²) >= 11 is 1.62. The van der Waals surface area contributed by atoms with Crippen molar-refractivity contribution in [3.05, 3.63) is 70.6 Å². The lowest BCUT2D eigenvalue weighted by Crippen LogP contribution is -2.34. The molecule has 1 aromatic heterocycles. The third kappa shape index (κ3) is 4.25. The number of thiophene rings is 1. The molecular formula is C20H19NO3S. The molecule has 0 aliphatic heterocycles. The van der Waals surface area contributed by atoms with E-state index < -0.39 is 11.9 Å². The number of hydrogen-bond donors (Lipinski definition) is 2. The van der Waals surface area contributed by atoms with Gasteiger partial charge in [-0.15, -0.1) is 11.3 Å². The number of nitrogens with one attached hydrogen (secondary N) is 1. The van der Waals surface area contributed by atoms with E-state index in [2.05, 4.69) is 5.32 Å². The molecule has 0 aliphatic carbocycles. The topological polar surface area (TPSA) is 66.4 Å². The van der Waals surface area contributed by atoms with Gasteiger partial charge in [0.2, 0.25) is 0 Å². The zero-order chi connectivity index (χ0) is 17.8. The molecule has 0 saturated heterocycles. The summed E-state index contributed by atoms with van der Waals surface area (Å²) in [6.07, 6.45) is 0.388. The number of fused-ring (bicyclic) bond motifs is 1. The first-order valence-electron chi connectivity index (χ1n) is 8.07. The molecule has 0 spiro atoms. The average molecular weight is 353 g/mol. The second-order valence-corrected chi connectivity index (χ2v) is 7.06. The van der Waals surface area contributed by atoms with Crippen molar-refractivity contribution in [3.63, 3.8) is 0 Å². The Kier molecular flexibility index (Phi) is 5.14. The van der Waals surface area contributed by atoms with Crippen molar-refractivity contribution in [3.8, 4) is 0 Å². The van der Waals surface area contributed by atoms with E-state index in [-0.39, 0.29) is 12.5 Å². The number of amides is 1. The molecule has 25 heavy (non-hydrogen) atoms. The number of hydrogen-bond acceptors (Lipinski definition) is 3. The van der Waals surface area contributed by atoms with Crippen LogP contribution in [0.2, 0.25) is 0 Å². The van der Waals surface area contributed by atoms with Crippen LogP contribution in [-0.2, 0) is 11.2 Å². The Labute approximate surface area is 150 Å². The van der Waals surface area contributed by atoms with Crippen LogP contribution >= 0.6 is 11.3 Å². The summed E-state index contributed by atoms with van der Waals surface area (Å²) < 4.78 is 1.12. The van der Waals surface area contributed by atoms with Crippen molar-refractivity contribution < 1.29 is 14.7 Å². The molecule has 0 saturated carbocycles. The SMILES string of the molecule is Cc1ccc(CC(CNC(=O)c2ccc3sccc3c2)C(=O)O)cc1. The molecule has 128 valence electrons. The molecule has 1 amide bonds. The molecule has 2 N–H and O–H groups in total. The third-order valence-electron chi connectivity index (χ3n) is 4.18. The maximum Gasteiger partial charge on any atom is 0.308 e. The Balaban J connectivity index is 1.65. The van der Waals surface area contributed by atoms with Gasteiger partial charge in [-0.2, -0.15) is 0 Å². The second kappa shape index (κ2) is 7.49. The maximum absolute atomic E-state index is 12.3. The van der Waals surface area contributed by atoms with Gasteiger partial charge in [0.1, 0.15) is 0 Å². The molecular weight excluding hydrogens is 334 g/mol. The standard InChI is InChI=1S/C20H19NO3S/c1-13-2-4-14(5-3-13)10-17(20(23)24)12-21-19(22)16-6-7-18-15(11-16)8-9-25-18/h2-9,11,17H,10,12H2,1H3,(H,21,22)(H,23,24). The largest absolute Gasteiger partial charge is 0.481 e. The number of benzene rings is 2. The van der Waals surface area contributed by atoms with Gasteiger partial charge in [0, 0.05) is 16.8 Å². The average Bonchev–Trinajstić information content (AvgIpc) is 3.07. The Morgan fingerprint density at radius 3 is 2.60 bits per heavy atom. The number of rotatable bonds is 6. The van der Waals surface area contributed by atoms with Gasteiger partial charge in [-0.3, -0.25) is 9.59 Å². The molecule has 0 radical (unpaired) electrons. The number of carboxylic acid groups (broad SMARTS) is 1. The first-order valence-corrected chi connectivity index (χ1v) is 8.95. The van der Waals surface area contributed by atoms with Gasteiger partial charge in [-0.05, 0) is 53.9 Å². The zero-order valence-electron chi connectivity index (χ0n) is 13.9. The monoisotopic (exact) mass is 353 g/mol. The van der Waals surface area contributed by atoms with Gasteiger partial charge in [0.15, 0.2) is 0 Å². The van der Waals surface area contributed by atoms with Gasteiger partial charge in [0.25, 0.3) is 5.91 Å². The molecule has 0 fully saturated rings. The minimum atomic E-state index is -0.908. The summed E-state index contributed by atoms with van der Waals surface area (Å²) in [4.78, 5) is 23.8. The summed E-state index contributed by atoms with van der Waals surface area (Å²) in [5.41, 5.74) is 2.63. The quantitative estimate of drug-likeness (QED) is 0.707. The van der Waals surface area contributed by atoms with Gasteiger partial charge < -0.3 is 10.4 Å². The Morgan fingerprint density at radius 1 is 1.12 bits per heavy atom. The van der Waals surface area contributed by atoms with Crippen LogP contribution in [0.4, 0.5) is 0 Å². The number of carbonyl (C=O) groups is 2. The highest BCUT2D eigenvalue weighted by Gasteiger charge is 2.19. The number of aliphatic carboxylic acids is 1. The van der Waals surface area contributed by atoms with Crippen LogP contribution in [-0.4, -0.2) is 23.5 Å². The predicted molar refractivity (Wildman–Crippen MR) is 100 cm³/mol. The molecule has 1 heterocycles. The third-order valence-corrected chi connectivity index (χ3v) is 5.07. The number of carbonyl (C=O) groups excluding carboxylic acids is 1. The molecule has 1 atom stereocenters. The van der Waals surface area contributed by atoms with Crippen LogP contribution in [0, 0.1) is 12.8 Å². The van der Waals surface area contributed by atoms with E-state index in [1.54, 1.807) is 17.4 Å². The molecule has 3 rings (SSSR count). The lowest BCUT2D eigenvalue weighted by Gasteiger charge is -2.14. The normalized spacial score (nSPS) is 12.0. The van der Waals surface area contributed by atoms with E-state index in [0.717, 1.165) is 21.2 Å². The molecule has 1 unspecified atom stereocenters. The fourth-order valence-corrected chi connectivity index (χ4v) is 3.45. The Morgan fingerprint density at radius 2 is 1.88 bits per heavy atom.